The van der Waals surface area contributed by atoms with Gasteiger partial charge in [0.25, 0.3) is 0 Å². The smallest absolute Gasteiger partial charge is 0.314 e. The zero-order valence-corrected chi connectivity index (χ0v) is 12.0. The Morgan fingerprint density at radius 3 is 2.55 bits per heavy atom. The first-order valence-electron chi connectivity index (χ1n) is 6.56. The van der Waals surface area contributed by atoms with Gasteiger partial charge in [-0.05, 0) is 43.5 Å². The molecule has 1 rings (SSSR count). The molecule has 0 aliphatic heterocycles. The van der Waals surface area contributed by atoms with Gasteiger partial charge in [-0.2, -0.15) is 13.2 Å². The first-order valence-corrected chi connectivity index (χ1v) is 6.93. The molecule has 114 valence electrons. The molecule has 0 amide bonds. The second-order valence-corrected chi connectivity index (χ2v) is 5.15. The second kappa shape index (κ2) is 7.84. The molecular formula is C14H18ClF4N. The molecule has 0 saturated carbocycles. The van der Waals surface area contributed by atoms with E-state index >= 15 is 0 Å². The van der Waals surface area contributed by atoms with Crippen molar-refractivity contribution in [2.24, 2.45) is 0 Å². The zero-order valence-electron chi connectivity index (χ0n) is 11.2. The van der Waals surface area contributed by atoms with Gasteiger partial charge in [0.1, 0.15) is 5.82 Å². The van der Waals surface area contributed by atoms with Crippen LogP contribution in [0, 0.1) is 5.82 Å². The van der Waals surface area contributed by atoms with E-state index in [9.17, 15) is 17.6 Å². The van der Waals surface area contributed by atoms with Gasteiger partial charge in [-0.1, -0.05) is 24.6 Å². The summed E-state index contributed by atoms with van der Waals surface area (Å²) in [5, 5.41) is 3.33. The molecule has 1 aromatic carbocycles. The number of halogens is 5. The van der Waals surface area contributed by atoms with Crippen LogP contribution >= 0.6 is 11.6 Å². The van der Waals surface area contributed by atoms with E-state index < -0.39 is 18.4 Å². The summed E-state index contributed by atoms with van der Waals surface area (Å²) in [6.45, 7) is 2.58. The topological polar surface area (TPSA) is 12.0 Å². The third kappa shape index (κ3) is 6.57. The van der Waals surface area contributed by atoms with Crippen LogP contribution in [-0.2, 0) is 6.42 Å². The standard InChI is InChI=1S/C14H18ClF4N/c1-2-7-20-12(5-6-14(17,18)19)8-10-3-4-11(16)9-13(10)15/h3-4,9,12,20H,2,5-8H2,1H3. The normalized spacial score (nSPS) is 13.5. The van der Waals surface area contributed by atoms with E-state index in [4.69, 9.17) is 11.6 Å². The predicted octanol–water partition coefficient (Wildman–Crippen LogP) is 4.73. The summed E-state index contributed by atoms with van der Waals surface area (Å²) in [7, 11) is 0. The molecule has 0 aliphatic carbocycles. The van der Waals surface area contributed by atoms with Crippen LogP contribution in [0.1, 0.15) is 31.7 Å². The van der Waals surface area contributed by atoms with Gasteiger partial charge in [-0.15, -0.1) is 0 Å². The Morgan fingerprint density at radius 2 is 2.00 bits per heavy atom. The Hall–Kier alpha value is -0.810. The predicted molar refractivity (Wildman–Crippen MR) is 72.5 cm³/mol. The van der Waals surface area contributed by atoms with Gasteiger partial charge in [0.05, 0.1) is 0 Å². The van der Waals surface area contributed by atoms with E-state index in [-0.39, 0.29) is 17.5 Å². The fraction of sp³-hybridized carbons (Fsp3) is 0.571. The molecule has 6 heteroatoms. The van der Waals surface area contributed by atoms with Crippen molar-refractivity contribution in [2.45, 2.75) is 44.8 Å². The monoisotopic (exact) mass is 311 g/mol. The van der Waals surface area contributed by atoms with Gasteiger partial charge in [-0.25, -0.2) is 4.39 Å². The highest BCUT2D eigenvalue weighted by molar-refractivity contribution is 6.31. The van der Waals surface area contributed by atoms with E-state index in [0.29, 0.717) is 18.5 Å². The van der Waals surface area contributed by atoms with Crippen molar-refractivity contribution in [3.05, 3.63) is 34.6 Å². The molecule has 0 heterocycles. The summed E-state index contributed by atoms with van der Waals surface area (Å²) in [5.41, 5.74) is 0.656. The number of hydrogen-bond donors (Lipinski definition) is 1. The quantitative estimate of drug-likeness (QED) is 0.718. The molecule has 20 heavy (non-hydrogen) atoms. The van der Waals surface area contributed by atoms with Crippen LogP contribution in [0.2, 0.25) is 5.02 Å². The average Bonchev–Trinajstić information content (AvgIpc) is 2.34. The van der Waals surface area contributed by atoms with Crippen LogP contribution in [0.4, 0.5) is 17.6 Å². The number of hydrogen-bond acceptors (Lipinski definition) is 1. The lowest BCUT2D eigenvalue weighted by atomic mass is 10.0. The molecule has 1 nitrogen and oxygen atoms in total. The minimum Gasteiger partial charge on any atom is -0.314 e. The van der Waals surface area contributed by atoms with Gasteiger partial charge >= 0.3 is 6.18 Å². The summed E-state index contributed by atoms with van der Waals surface area (Å²) in [6, 6.07) is 3.64. The minimum absolute atomic E-state index is 0.0167. The Balaban J connectivity index is 2.67. The fourth-order valence-electron chi connectivity index (χ4n) is 1.92. The number of benzene rings is 1. The maximum atomic E-state index is 12.9. The first-order chi connectivity index (χ1) is 9.31. The molecule has 0 saturated heterocycles. The SMILES string of the molecule is CCCNC(CCC(F)(F)F)Cc1ccc(F)cc1Cl. The van der Waals surface area contributed by atoms with Gasteiger partial charge in [0.2, 0.25) is 0 Å². The lowest BCUT2D eigenvalue weighted by molar-refractivity contribution is -0.136. The average molecular weight is 312 g/mol. The number of rotatable bonds is 7. The van der Waals surface area contributed by atoms with E-state index in [1.165, 1.54) is 18.2 Å². The minimum atomic E-state index is -4.17. The van der Waals surface area contributed by atoms with Gasteiger partial charge in [0.15, 0.2) is 0 Å². The van der Waals surface area contributed by atoms with E-state index in [1.54, 1.807) is 0 Å². The van der Waals surface area contributed by atoms with Crippen molar-refractivity contribution in [3.8, 4) is 0 Å². The van der Waals surface area contributed by atoms with Crippen molar-refractivity contribution in [1.82, 2.24) is 5.32 Å². The maximum absolute atomic E-state index is 12.9. The molecule has 0 radical (unpaired) electrons. The number of alkyl halides is 3. The Morgan fingerprint density at radius 1 is 1.30 bits per heavy atom. The highest BCUT2D eigenvalue weighted by atomic mass is 35.5. The molecule has 0 bridgehead atoms. The molecule has 1 unspecified atom stereocenters. The highest BCUT2D eigenvalue weighted by Gasteiger charge is 2.28. The zero-order chi connectivity index (χ0) is 15.2. The Kier molecular flexibility index (Phi) is 6.76. The van der Waals surface area contributed by atoms with Gasteiger partial charge < -0.3 is 5.32 Å². The summed E-state index contributed by atoms with van der Waals surface area (Å²) in [4.78, 5) is 0. The summed E-state index contributed by atoms with van der Waals surface area (Å²) < 4.78 is 49.9. The molecule has 0 aliphatic rings. The van der Waals surface area contributed by atoms with Crippen molar-refractivity contribution in [2.75, 3.05) is 6.54 Å². The molecular weight excluding hydrogens is 294 g/mol. The first kappa shape index (κ1) is 17.2. The van der Waals surface area contributed by atoms with Crippen LogP contribution in [-0.4, -0.2) is 18.8 Å². The van der Waals surface area contributed by atoms with Crippen LogP contribution in [0.3, 0.4) is 0 Å². The van der Waals surface area contributed by atoms with Crippen LogP contribution < -0.4 is 5.32 Å². The van der Waals surface area contributed by atoms with E-state index in [0.717, 1.165) is 6.42 Å². The largest absolute Gasteiger partial charge is 0.389 e. The summed E-state index contributed by atoms with van der Waals surface area (Å²) in [6.07, 6.45) is -3.84. The highest BCUT2D eigenvalue weighted by Crippen LogP contribution is 2.25. The fourth-order valence-corrected chi connectivity index (χ4v) is 2.16. The lowest BCUT2D eigenvalue weighted by Gasteiger charge is -2.20. The van der Waals surface area contributed by atoms with E-state index in [1.807, 2.05) is 6.92 Å². The molecule has 1 aromatic rings. The van der Waals surface area contributed by atoms with Crippen LogP contribution in [0.25, 0.3) is 0 Å². The molecule has 1 atom stereocenters. The summed E-state index contributed by atoms with van der Waals surface area (Å²) in [5.74, 6) is -0.452. The van der Waals surface area contributed by atoms with Crippen molar-refractivity contribution >= 4 is 11.6 Å². The van der Waals surface area contributed by atoms with Crippen molar-refractivity contribution in [3.63, 3.8) is 0 Å². The Bertz CT molecular complexity index is 420. The van der Waals surface area contributed by atoms with Gasteiger partial charge in [0, 0.05) is 17.5 Å². The third-order valence-electron chi connectivity index (χ3n) is 2.94. The maximum Gasteiger partial charge on any atom is 0.389 e. The van der Waals surface area contributed by atoms with Crippen molar-refractivity contribution in [1.29, 1.82) is 0 Å². The second-order valence-electron chi connectivity index (χ2n) is 4.74. The number of nitrogens with one attached hydrogen (secondary N) is 1. The summed E-state index contributed by atoms with van der Waals surface area (Å²) >= 11 is 5.91. The van der Waals surface area contributed by atoms with Crippen LogP contribution in [0.15, 0.2) is 18.2 Å². The molecule has 0 fully saturated rings. The molecule has 1 N–H and O–H groups in total. The van der Waals surface area contributed by atoms with Gasteiger partial charge in [-0.3, -0.25) is 0 Å². The molecule has 0 aromatic heterocycles. The molecule has 0 spiro atoms. The van der Waals surface area contributed by atoms with Crippen molar-refractivity contribution < 1.29 is 17.6 Å². The van der Waals surface area contributed by atoms with Crippen LogP contribution in [0.5, 0.6) is 0 Å². The van der Waals surface area contributed by atoms with E-state index in [2.05, 4.69) is 5.32 Å². The Labute approximate surface area is 121 Å². The third-order valence-corrected chi connectivity index (χ3v) is 3.29. The lowest BCUT2D eigenvalue weighted by Crippen LogP contribution is -2.33.